The quantitative estimate of drug-likeness (QED) is 0.837. The van der Waals surface area contributed by atoms with E-state index in [0.29, 0.717) is 36.6 Å². The zero-order valence-electron chi connectivity index (χ0n) is 17.1. The molecule has 2 atom stereocenters. The number of amides is 3. The Balaban J connectivity index is 1.25. The van der Waals surface area contributed by atoms with Crippen LogP contribution in [0.5, 0.6) is 0 Å². The molecule has 1 aromatic carbocycles. The van der Waals surface area contributed by atoms with Crippen molar-refractivity contribution in [3.05, 3.63) is 24.3 Å². The third-order valence-electron chi connectivity index (χ3n) is 5.75. The Kier molecular flexibility index (Phi) is 6.01. The fraction of sp³-hybridized carbons (Fsp3) is 0.571. The molecule has 8 heteroatoms. The topological polar surface area (TPSA) is 68.8 Å². The maximum Gasteiger partial charge on any atom is 0.323 e. The lowest BCUT2D eigenvalue weighted by atomic mass is 9.92. The van der Waals surface area contributed by atoms with Gasteiger partial charge in [-0.2, -0.15) is 0 Å². The van der Waals surface area contributed by atoms with Crippen LogP contribution in [-0.4, -0.2) is 77.4 Å². The zero-order chi connectivity index (χ0) is 20.4. The highest BCUT2D eigenvalue weighted by atomic mass is 32.1. The van der Waals surface area contributed by atoms with Gasteiger partial charge in [0.15, 0.2) is 5.13 Å². The number of piperazine rings is 1. The molecule has 2 saturated heterocycles. The SMILES string of the molecule is CC1CC(C)CN(C(=O)CN2CCN(C(=O)Nc3nc4ccccc4s3)CC2)C1. The van der Waals surface area contributed by atoms with Crippen molar-refractivity contribution in [2.24, 2.45) is 11.8 Å². The van der Waals surface area contributed by atoms with Gasteiger partial charge in [0, 0.05) is 39.3 Å². The Hall–Kier alpha value is -2.19. The number of urea groups is 1. The molecule has 0 spiro atoms. The Morgan fingerprint density at radius 2 is 1.76 bits per heavy atom. The highest BCUT2D eigenvalue weighted by Crippen LogP contribution is 2.25. The standard InChI is InChI=1S/C21H29N5O2S/c1-15-11-16(2)13-26(12-15)19(27)14-24-7-9-25(10-8-24)21(28)23-20-22-17-5-3-4-6-18(17)29-20/h3-6,15-16H,7-14H2,1-2H3,(H,22,23,28). The van der Waals surface area contributed by atoms with Gasteiger partial charge in [0.2, 0.25) is 5.91 Å². The first kappa shape index (κ1) is 20.1. The predicted octanol–water partition coefficient (Wildman–Crippen LogP) is 2.95. The van der Waals surface area contributed by atoms with Gasteiger partial charge in [-0.1, -0.05) is 37.3 Å². The van der Waals surface area contributed by atoms with E-state index >= 15 is 0 Å². The van der Waals surface area contributed by atoms with E-state index in [9.17, 15) is 9.59 Å². The van der Waals surface area contributed by atoms with Gasteiger partial charge < -0.3 is 9.80 Å². The largest absolute Gasteiger partial charge is 0.341 e. The van der Waals surface area contributed by atoms with Crippen LogP contribution in [0.25, 0.3) is 10.2 Å². The number of benzene rings is 1. The summed E-state index contributed by atoms with van der Waals surface area (Å²) < 4.78 is 1.06. The number of nitrogens with one attached hydrogen (secondary N) is 1. The van der Waals surface area contributed by atoms with Gasteiger partial charge in [0.25, 0.3) is 0 Å². The lowest BCUT2D eigenvalue weighted by molar-refractivity contribution is -0.135. The highest BCUT2D eigenvalue weighted by Gasteiger charge is 2.28. The molecule has 0 radical (unpaired) electrons. The van der Waals surface area contributed by atoms with Gasteiger partial charge in [0.1, 0.15) is 0 Å². The van der Waals surface area contributed by atoms with E-state index < -0.39 is 0 Å². The molecule has 7 nitrogen and oxygen atoms in total. The second kappa shape index (κ2) is 8.67. The maximum atomic E-state index is 12.7. The average molecular weight is 416 g/mol. The lowest BCUT2D eigenvalue weighted by Gasteiger charge is -2.38. The Bertz CT molecular complexity index is 834. The molecule has 156 valence electrons. The number of hydrogen-bond donors (Lipinski definition) is 1. The predicted molar refractivity (Wildman–Crippen MR) is 116 cm³/mol. The Labute approximate surface area is 175 Å². The first-order valence-corrected chi connectivity index (χ1v) is 11.2. The summed E-state index contributed by atoms with van der Waals surface area (Å²) in [5, 5.41) is 3.55. The van der Waals surface area contributed by atoms with Crippen LogP contribution in [0.3, 0.4) is 0 Å². The van der Waals surface area contributed by atoms with Crippen molar-refractivity contribution in [3.63, 3.8) is 0 Å². The minimum absolute atomic E-state index is 0.117. The number of hydrogen-bond acceptors (Lipinski definition) is 5. The number of carbonyl (C=O) groups is 2. The molecule has 2 unspecified atom stereocenters. The molecular weight excluding hydrogens is 386 g/mol. The van der Waals surface area contributed by atoms with E-state index in [2.05, 4.69) is 29.0 Å². The molecule has 3 amide bonds. The van der Waals surface area contributed by atoms with Crippen molar-refractivity contribution < 1.29 is 9.59 Å². The molecule has 1 aromatic heterocycles. The second-order valence-corrected chi connectivity index (χ2v) is 9.46. The van der Waals surface area contributed by atoms with E-state index in [0.717, 1.165) is 36.4 Å². The van der Waals surface area contributed by atoms with Crippen LogP contribution in [0.4, 0.5) is 9.93 Å². The molecule has 4 rings (SSSR count). The third-order valence-corrected chi connectivity index (χ3v) is 6.70. The minimum atomic E-state index is -0.117. The van der Waals surface area contributed by atoms with Gasteiger partial charge in [-0.05, 0) is 30.4 Å². The Morgan fingerprint density at radius 1 is 1.07 bits per heavy atom. The van der Waals surface area contributed by atoms with E-state index in [1.165, 1.54) is 17.8 Å². The minimum Gasteiger partial charge on any atom is -0.341 e. The zero-order valence-corrected chi connectivity index (χ0v) is 18.0. The molecular formula is C21H29N5O2S. The number of likely N-dealkylation sites (tertiary alicyclic amines) is 1. The maximum absolute atomic E-state index is 12.7. The number of thiazole rings is 1. The summed E-state index contributed by atoms with van der Waals surface area (Å²) in [4.78, 5) is 35.7. The molecule has 2 aromatic rings. The number of nitrogens with zero attached hydrogens (tertiary/aromatic N) is 4. The molecule has 0 bridgehead atoms. The molecule has 0 saturated carbocycles. The lowest BCUT2D eigenvalue weighted by Crippen LogP contribution is -2.53. The highest BCUT2D eigenvalue weighted by molar-refractivity contribution is 7.22. The first-order valence-electron chi connectivity index (χ1n) is 10.4. The summed E-state index contributed by atoms with van der Waals surface area (Å²) in [6.45, 7) is 9.31. The second-order valence-electron chi connectivity index (χ2n) is 8.42. The average Bonchev–Trinajstić information content (AvgIpc) is 3.10. The third kappa shape index (κ3) is 4.87. The first-order chi connectivity index (χ1) is 14.0. The van der Waals surface area contributed by atoms with Crippen molar-refractivity contribution in [3.8, 4) is 0 Å². The molecule has 2 aliphatic heterocycles. The fourth-order valence-corrected chi connectivity index (χ4v) is 5.22. The van der Waals surface area contributed by atoms with Crippen molar-refractivity contribution in [1.82, 2.24) is 19.7 Å². The summed E-state index contributed by atoms with van der Waals surface area (Å²) in [6, 6.07) is 7.74. The van der Waals surface area contributed by atoms with Crippen LogP contribution in [-0.2, 0) is 4.79 Å². The van der Waals surface area contributed by atoms with Gasteiger partial charge in [-0.25, -0.2) is 9.78 Å². The molecule has 2 aliphatic rings. The normalized spacial score (nSPS) is 23.4. The number of fused-ring (bicyclic) bond motifs is 1. The monoisotopic (exact) mass is 415 g/mol. The molecule has 2 fully saturated rings. The van der Waals surface area contributed by atoms with E-state index in [1.54, 1.807) is 4.90 Å². The number of rotatable bonds is 3. The van der Waals surface area contributed by atoms with Crippen LogP contribution >= 0.6 is 11.3 Å². The number of piperidine rings is 1. The number of aromatic nitrogens is 1. The van der Waals surface area contributed by atoms with Gasteiger partial charge in [-0.3, -0.25) is 15.0 Å². The summed E-state index contributed by atoms with van der Waals surface area (Å²) in [5.74, 6) is 1.37. The fourth-order valence-electron chi connectivity index (χ4n) is 4.36. The summed E-state index contributed by atoms with van der Waals surface area (Å²) >= 11 is 1.48. The van der Waals surface area contributed by atoms with Crippen molar-refractivity contribution in [2.45, 2.75) is 20.3 Å². The smallest absolute Gasteiger partial charge is 0.323 e. The van der Waals surface area contributed by atoms with Crippen LogP contribution in [0.1, 0.15) is 20.3 Å². The van der Waals surface area contributed by atoms with Gasteiger partial charge in [0.05, 0.1) is 16.8 Å². The van der Waals surface area contributed by atoms with Crippen molar-refractivity contribution in [1.29, 1.82) is 0 Å². The van der Waals surface area contributed by atoms with E-state index in [4.69, 9.17) is 0 Å². The van der Waals surface area contributed by atoms with Gasteiger partial charge >= 0.3 is 6.03 Å². The molecule has 29 heavy (non-hydrogen) atoms. The number of carbonyl (C=O) groups excluding carboxylic acids is 2. The van der Waals surface area contributed by atoms with Crippen LogP contribution in [0.15, 0.2) is 24.3 Å². The van der Waals surface area contributed by atoms with Crippen LogP contribution in [0.2, 0.25) is 0 Å². The van der Waals surface area contributed by atoms with E-state index in [-0.39, 0.29) is 11.9 Å². The van der Waals surface area contributed by atoms with E-state index in [1.807, 2.05) is 29.2 Å². The summed E-state index contributed by atoms with van der Waals surface area (Å²) in [6.07, 6.45) is 1.20. The molecule has 0 aliphatic carbocycles. The molecule has 1 N–H and O–H groups in total. The Morgan fingerprint density at radius 3 is 2.45 bits per heavy atom. The molecule has 3 heterocycles. The van der Waals surface area contributed by atoms with Crippen molar-refractivity contribution >= 4 is 38.6 Å². The number of anilines is 1. The van der Waals surface area contributed by atoms with Crippen LogP contribution in [0, 0.1) is 11.8 Å². The number of para-hydroxylation sites is 1. The van der Waals surface area contributed by atoms with Gasteiger partial charge in [-0.15, -0.1) is 0 Å². The van der Waals surface area contributed by atoms with Crippen LogP contribution < -0.4 is 5.32 Å². The summed E-state index contributed by atoms with van der Waals surface area (Å²) in [5.41, 5.74) is 0.900. The van der Waals surface area contributed by atoms with Crippen molar-refractivity contribution in [2.75, 3.05) is 51.1 Å². The summed E-state index contributed by atoms with van der Waals surface area (Å²) in [7, 11) is 0.